The van der Waals surface area contributed by atoms with Crippen LogP contribution in [0.15, 0.2) is 48.8 Å². The molecular formula is C15H16N2O4. The number of nitrogens with zero attached hydrogens (tertiary/aromatic N) is 1. The Morgan fingerprint density at radius 2 is 1.90 bits per heavy atom. The Morgan fingerprint density at radius 3 is 2.52 bits per heavy atom. The number of hydrogen-bond acceptors (Lipinski definition) is 3. The minimum atomic E-state index is -1.99. The summed E-state index contributed by atoms with van der Waals surface area (Å²) in [4.78, 5) is 22.8. The van der Waals surface area contributed by atoms with E-state index in [4.69, 9.17) is 5.11 Å². The van der Waals surface area contributed by atoms with E-state index >= 15 is 0 Å². The van der Waals surface area contributed by atoms with Gasteiger partial charge in [-0.3, -0.25) is 4.79 Å². The number of benzene rings is 1. The molecule has 0 spiro atoms. The van der Waals surface area contributed by atoms with Crippen LogP contribution in [0.25, 0.3) is 5.69 Å². The quantitative estimate of drug-likeness (QED) is 0.766. The van der Waals surface area contributed by atoms with Gasteiger partial charge in [-0.15, -0.1) is 0 Å². The standard InChI is InChI=1S/C15H16N2O4/c1-15(21,14(19)20)10-16-13(18)11-5-4-6-12(9-11)17-7-2-3-8-17/h2-9,21H,10H2,1H3,(H,16,18)(H,19,20). The average Bonchev–Trinajstić information content (AvgIpc) is 2.99. The minimum Gasteiger partial charge on any atom is -0.479 e. The number of carbonyl (C=O) groups is 2. The number of carboxylic acid groups (broad SMARTS) is 1. The van der Waals surface area contributed by atoms with E-state index in [1.54, 1.807) is 18.2 Å². The lowest BCUT2D eigenvalue weighted by molar-refractivity contribution is -0.155. The van der Waals surface area contributed by atoms with Gasteiger partial charge in [0.1, 0.15) is 0 Å². The first-order valence-corrected chi connectivity index (χ1v) is 6.37. The summed E-state index contributed by atoms with van der Waals surface area (Å²) in [5, 5.41) is 20.8. The molecule has 1 aromatic carbocycles. The van der Waals surface area contributed by atoms with Crippen molar-refractivity contribution in [1.29, 1.82) is 0 Å². The summed E-state index contributed by atoms with van der Waals surface area (Å²) >= 11 is 0. The largest absolute Gasteiger partial charge is 0.479 e. The topological polar surface area (TPSA) is 91.6 Å². The summed E-state index contributed by atoms with van der Waals surface area (Å²) in [7, 11) is 0. The molecule has 2 rings (SSSR count). The van der Waals surface area contributed by atoms with Gasteiger partial charge in [0, 0.05) is 23.6 Å². The lowest BCUT2D eigenvalue weighted by atomic mass is 10.1. The Labute approximate surface area is 121 Å². The number of aromatic nitrogens is 1. The highest BCUT2D eigenvalue weighted by atomic mass is 16.4. The van der Waals surface area contributed by atoms with Crippen molar-refractivity contribution < 1.29 is 19.8 Å². The van der Waals surface area contributed by atoms with Gasteiger partial charge in [0.05, 0.1) is 6.54 Å². The fraction of sp³-hybridized carbons (Fsp3) is 0.200. The number of aliphatic hydroxyl groups is 1. The van der Waals surface area contributed by atoms with Crippen LogP contribution in [0, 0.1) is 0 Å². The van der Waals surface area contributed by atoms with Crippen LogP contribution in [0.1, 0.15) is 17.3 Å². The van der Waals surface area contributed by atoms with E-state index in [0.717, 1.165) is 12.6 Å². The number of rotatable bonds is 5. The highest BCUT2D eigenvalue weighted by Crippen LogP contribution is 2.11. The molecule has 0 saturated heterocycles. The van der Waals surface area contributed by atoms with Crippen LogP contribution in [0.5, 0.6) is 0 Å². The van der Waals surface area contributed by atoms with E-state index in [0.29, 0.717) is 5.56 Å². The third-order valence-electron chi connectivity index (χ3n) is 3.06. The highest BCUT2D eigenvalue weighted by molar-refractivity contribution is 5.95. The molecule has 1 heterocycles. The van der Waals surface area contributed by atoms with E-state index < -0.39 is 17.5 Å². The molecule has 0 fully saturated rings. The van der Waals surface area contributed by atoms with Crippen LogP contribution in [-0.4, -0.2) is 38.8 Å². The first kappa shape index (κ1) is 14.8. The third kappa shape index (κ3) is 3.49. The summed E-state index contributed by atoms with van der Waals surface area (Å²) < 4.78 is 1.85. The lowest BCUT2D eigenvalue weighted by Crippen LogP contribution is -2.46. The second-order valence-corrected chi connectivity index (χ2v) is 4.90. The first-order valence-electron chi connectivity index (χ1n) is 6.37. The molecule has 6 nitrogen and oxygen atoms in total. The number of carboxylic acids is 1. The monoisotopic (exact) mass is 288 g/mol. The van der Waals surface area contributed by atoms with Crippen molar-refractivity contribution >= 4 is 11.9 Å². The zero-order valence-electron chi connectivity index (χ0n) is 11.5. The van der Waals surface area contributed by atoms with Crippen molar-refractivity contribution in [2.75, 3.05) is 6.54 Å². The second-order valence-electron chi connectivity index (χ2n) is 4.90. The molecule has 1 aromatic heterocycles. The molecule has 1 amide bonds. The molecule has 1 unspecified atom stereocenters. The Balaban J connectivity index is 2.10. The molecule has 0 bridgehead atoms. The Morgan fingerprint density at radius 1 is 1.24 bits per heavy atom. The summed E-state index contributed by atoms with van der Waals surface area (Å²) in [5.41, 5.74) is -0.784. The van der Waals surface area contributed by atoms with E-state index in [9.17, 15) is 14.7 Å². The molecule has 2 aromatic rings. The van der Waals surface area contributed by atoms with Crippen molar-refractivity contribution in [3.8, 4) is 5.69 Å². The summed E-state index contributed by atoms with van der Waals surface area (Å²) in [6.07, 6.45) is 3.71. The first-order chi connectivity index (χ1) is 9.90. The molecule has 0 radical (unpaired) electrons. The van der Waals surface area contributed by atoms with Crippen LogP contribution in [-0.2, 0) is 4.79 Å². The maximum atomic E-state index is 12.0. The predicted molar refractivity (Wildman–Crippen MR) is 76.4 cm³/mol. The molecular weight excluding hydrogens is 272 g/mol. The number of amides is 1. The van der Waals surface area contributed by atoms with Gasteiger partial charge in [0.2, 0.25) is 0 Å². The van der Waals surface area contributed by atoms with Crippen molar-refractivity contribution in [2.24, 2.45) is 0 Å². The third-order valence-corrected chi connectivity index (χ3v) is 3.06. The molecule has 0 aliphatic rings. The van der Waals surface area contributed by atoms with Crippen molar-refractivity contribution in [1.82, 2.24) is 9.88 Å². The molecule has 6 heteroatoms. The molecule has 110 valence electrons. The van der Waals surface area contributed by atoms with Crippen LogP contribution >= 0.6 is 0 Å². The molecule has 21 heavy (non-hydrogen) atoms. The Hall–Kier alpha value is -2.60. The highest BCUT2D eigenvalue weighted by Gasteiger charge is 2.30. The van der Waals surface area contributed by atoms with Crippen molar-refractivity contribution in [3.63, 3.8) is 0 Å². The van der Waals surface area contributed by atoms with Crippen LogP contribution in [0.4, 0.5) is 0 Å². The molecule has 0 aliphatic carbocycles. The fourth-order valence-corrected chi connectivity index (χ4v) is 1.74. The van der Waals surface area contributed by atoms with Gasteiger partial charge in [-0.1, -0.05) is 6.07 Å². The number of aliphatic carboxylic acids is 1. The zero-order chi connectivity index (χ0) is 15.5. The molecule has 0 aliphatic heterocycles. The van der Waals surface area contributed by atoms with Gasteiger partial charge in [-0.25, -0.2) is 4.79 Å². The maximum absolute atomic E-state index is 12.0. The lowest BCUT2D eigenvalue weighted by Gasteiger charge is -2.18. The van der Waals surface area contributed by atoms with Gasteiger partial charge in [0.15, 0.2) is 5.60 Å². The number of carbonyl (C=O) groups excluding carboxylic acids is 1. The van der Waals surface area contributed by atoms with Crippen LogP contribution in [0.2, 0.25) is 0 Å². The van der Waals surface area contributed by atoms with Gasteiger partial charge in [-0.05, 0) is 37.3 Å². The van der Waals surface area contributed by atoms with Gasteiger partial charge in [-0.2, -0.15) is 0 Å². The molecule has 1 atom stereocenters. The Kier molecular flexibility index (Phi) is 4.09. The smallest absolute Gasteiger partial charge is 0.337 e. The normalized spacial score (nSPS) is 13.4. The molecule has 3 N–H and O–H groups in total. The van der Waals surface area contributed by atoms with Gasteiger partial charge in [0.25, 0.3) is 5.91 Å². The van der Waals surface area contributed by atoms with E-state index in [-0.39, 0.29) is 6.54 Å². The second kappa shape index (κ2) is 5.80. The fourth-order valence-electron chi connectivity index (χ4n) is 1.74. The SMILES string of the molecule is CC(O)(CNC(=O)c1cccc(-n2cccc2)c1)C(=O)O. The van der Waals surface area contributed by atoms with E-state index in [1.165, 1.54) is 0 Å². The van der Waals surface area contributed by atoms with E-state index in [2.05, 4.69) is 5.32 Å². The minimum absolute atomic E-state index is 0.366. The summed E-state index contributed by atoms with van der Waals surface area (Å²) in [5.74, 6) is -1.82. The predicted octanol–water partition coefficient (Wildman–Crippen LogP) is 1.04. The average molecular weight is 288 g/mol. The zero-order valence-corrected chi connectivity index (χ0v) is 11.5. The molecule has 0 saturated carbocycles. The summed E-state index contributed by atoms with van der Waals surface area (Å²) in [6.45, 7) is 0.765. The number of nitrogens with one attached hydrogen (secondary N) is 1. The number of hydrogen-bond donors (Lipinski definition) is 3. The maximum Gasteiger partial charge on any atom is 0.337 e. The van der Waals surface area contributed by atoms with Gasteiger partial charge < -0.3 is 20.1 Å². The van der Waals surface area contributed by atoms with E-state index in [1.807, 2.05) is 35.2 Å². The van der Waals surface area contributed by atoms with Crippen LogP contribution < -0.4 is 5.32 Å². The Bertz CT molecular complexity index is 647. The van der Waals surface area contributed by atoms with Crippen molar-refractivity contribution in [2.45, 2.75) is 12.5 Å². The van der Waals surface area contributed by atoms with Crippen LogP contribution in [0.3, 0.4) is 0 Å². The van der Waals surface area contributed by atoms with Gasteiger partial charge >= 0.3 is 5.97 Å². The summed E-state index contributed by atoms with van der Waals surface area (Å²) in [6, 6.07) is 10.6. The van der Waals surface area contributed by atoms with Crippen molar-refractivity contribution in [3.05, 3.63) is 54.4 Å².